The Kier molecular flexibility index (Phi) is 3.53. The zero-order valence-corrected chi connectivity index (χ0v) is 12.1. The second-order valence-corrected chi connectivity index (χ2v) is 5.34. The van der Waals surface area contributed by atoms with Crippen molar-refractivity contribution < 1.29 is 14.3 Å². The van der Waals surface area contributed by atoms with Crippen LogP contribution in [0.5, 0.6) is 0 Å². The Morgan fingerprint density at radius 2 is 2.10 bits per heavy atom. The molecule has 2 heterocycles. The molecule has 106 valence electrons. The number of hydrogen-bond donors (Lipinski definition) is 1. The molecule has 0 radical (unpaired) electrons. The highest BCUT2D eigenvalue weighted by Gasteiger charge is 2.15. The Bertz CT molecular complexity index is 792. The van der Waals surface area contributed by atoms with Crippen LogP contribution < -0.4 is 0 Å². The lowest BCUT2D eigenvalue weighted by Crippen LogP contribution is -1.95. The van der Waals surface area contributed by atoms with Crippen LogP contribution in [0, 0.1) is 0 Å². The quantitative estimate of drug-likeness (QED) is 0.794. The van der Waals surface area contributed by atoms with Gasteiger partial charge >= 0.3 is 5.97 Å². The lowest BCUT2D eigenvalue weighted by molar-refractivity contribution is 0.0697. The van der Waals surface area contributed by atoms with Crippen LogP contribution in [-0.4, -0.2) is 21.3 Å². The van der Waals surface area contributed by atoms with E-state index in [-0.39, 0.29) is 5.56 Å². The number of aryl methyl sites for hydroxylation is 1. The Labute approximate surface area is 124 Å². The second-order valence-electron chi connectivity index (χ2n) is 4.43. The van der Waals surface area contributed by atoms with Gasteiger partial charge in [-0.1, -0.05) is 13.0 Å². The monoisotopic (exact) mass is 300 g/mol. The highest BCUT2D eigenvalue weighted by Crippen LogP contribution is 2.31. The summed E-state index contributed by atoms with van der Waals surface area (Å²) in [7, 11) is 0. The van der Waals surface area contributed by atoms with Gasteiger partial charge in [-0.25, -0.2) is 4.79 Å². The van der Waals surface area contributed by atoms with E-state index < -0.39 is 5.97 Å². The fraction of sp³-hybridized carbons (Fsp3) is 0.133. The molecule has 6 heteroatoms. The number of nitrogens with zero attached hydrogens (tertiary/aromatic N) is 2. The average Bonchev–Trinajstić information content (AvgIpc) is 3.15. The maximum Gasteiger partial charge on any atom is 0.335 e. The van der Waals surface area contributed by atoms with Gasteiger partial charge in [0.1, 0.15) is 0 Å². The molecule has 1 N–H and O–H groups in total. The molecule has 0 fully saturated rings. The maximum absolute atomic E-state index is 11.0. The molecule has 1 aromatic carbocycles. The molecule has 5 nitrogen and oxygen atoms in total. The molecule has 0 amide bonds. The third-order valence-corrected chi connectivity index (χ3v) is 4.05. The lowest BCUT2D eigenvalue weighted by atomic mass is 10.1. The highest BCUT2D eigenvalue weighted by atomic mass is 32.1. The first-order valence-corrected chi connectivity index (χ1v) is 7.31. The van der Waals surface area contributed by atoms with E-state index >= 15 is 0 Å². The Morgan fingerprint density at radius 3 is 2.86 bits per heavy atom. The largest absolute Gasteiger partial charge is 0.478 e. The summed E-state index contributed by atoms with van der Waals surface area (Å²) in [5, 5.41) is 19.1. The number of aromatic nitrogens is 2. The molecule has 3 aromatic rings. The third kappa shape index (κ3) is 2.57. The van der Waals surface area contributed by atoms with Crippen molar-refractivity contribution in [3.63, 3.8) is 0 Å². The highest BCUT2D eigenvalue weighted by molar-refractivity contribution is 7.13. The van der Waals surface area contributed by atoms with Gasteiger partial charge in [0.05, 0.1) is 10.4 Å². The van der Waals surface area contributed by atoms with Crippen molar-refractivity contribution in [3.8, 4) is 22.2 Å². The SMILES string of the molecule is CCc1ccsc1-c1nnc(-c2cccc(C(=O)O)c2)o1. The van der Waals surface area contributed by atoms with Crippen LogP contribution in [0.1, 0.15) is 22.8 Å². The number of carboxylic acid groups (broad SMARTS) is 1. The molecule has 0 unspecified atom stereocenters. The van der Waals surface area contributed by atoms with Crippen LogP contribution in [-0.2, 0) is 6.42 Å². The van der Waals surface area contributed by atoms with Crippen LogP contribution >= 0.6 is 11.3 Å². The van der Waals surface area contributed by atoms with E-state index in [1.165, 1.54) is 12.1 Å². The first-order chi connectivity index (χ1) is 10.2. The predicted octanol–water partition coefficient (Wildman–Crippen LogP) is 3.73. The van der Waals surface area contributed by atoms with E-state index in [9.17, 15) is 4.79 Å². The fourth-order valence-corrected chi connectivity index (χ4v) is 2.93. The minimum atomic E-state index is -0.983. The van der Waals surface area contributed by atoms with Gasteiger partial charge in [0.2, 0.25) is 5.89 Å². The molecular weight excluding hydrogens is 288 g/mol. The number of thiophene rings is 1. The summed E-state index contributed by atoms with van der Waals surface area (Å²) in [5.41, 5.74) is 1.95. The maximum atomic E-state index is 11.0. The van der Waals surface area contributed by atoms with E-state index in [4.69, 9.17) is 9.52 Å². The van der Waals surface area contributed by atoms with Crippen molar-refractivity contribution in [1.29, 1.82) is 0 Å². The summed E-state index contributed by atoms with van der Waals surface area (Å²) >= 11 is 1.55. The molecule has 21 heavy (non-hydrogen) atoms. The first-order valence-electron chi connectivity index (χ1n) is 6.43. The molecule has 2 aromatic heterocycles. The third-order valence-electron chi connectivity index (χ3n) is 3.10. The summed E-state index contributed by atoms with van der Waals surface area (Å²) < 4.78 is 5.69. The number of hydrogen-bond acceptors (Lipinski definition) is 5. The smallest absolute Gasteiger partial charge is 0.335 e. The Morgan fingerprint density at radius 1 is 1.29 bits per heavy atom. The van der Waals surface area contributed by atoms with Crippen LogP contribution in [0.2, 0.25) is 0 Å². The lowest BCUT2D eigenvalue weighted by Gasteiger charge is -1.97. The zero-order chi connectivity index (χ0) is 14.8. The van der Waals surface area contributed by atoms with E-state index in [0.717, 1.165) is 16.9 Å². The fourth-order valence-electron chi connectivity index (χ4n) is 2.02. The molecule has 0 aliphatic heterocycles. The van der Waals surface area contributed by atoms with Crippen LogP contribution in [0.25, 0.3) is 22.2 Å². The minimum Gasteiger partial charge on any atom is -0.478 e. The molecule has 0 aliphatic carbocycles. The van der Waals surface area contributed by atoms with Crippen LogP contribution in [0.3, 0.4) is 0 Å². The topological polar surface area (TPSA) is 76.2 Å². The molecule has 0 spiro atoms. The molecule has 0 bridgehead atoms. The number of rotatable bonds is 4. The normalized spacial score (nSPS) is 10.7. The van der Waals surface area contributed by atoms with Crippen molar-refractivity contribution in [2.45, 2.75) is 13.3 Å². The number of benzene rings is 1. The molecule has 0 saturated carbocycles. The minimum absolute atomic E-state index is 0.192. The molecule has 0 saturated heterocycles. The standard InChI is InChI=1S/C15H12N2O3S/c1-2-9-6-7-21-12(9)14-17-16-13(20-14)10-4-3-5-11(8-10)15(18)19/h3-8H,2H2,1H3,(H,18,19). The van der Waals surface area contributed by atoms with Gasteiger partial charge in [0.25, 0.3) is 5.89 Å². The molecule has 3 rings (SSSR count). The number of aromatic carboxylic acids is 1. The van der Waals surface area contributed by atoms with Gasteiger partial charge in [-0.3, -0.25) is 0 Å². The van der Waals surface area contributed by atoms with Crippen molar-refractivity contribution in [2.24, 2.45) is 0 Å². The van der Waals surface area contributed by atoms with Gasteiger partial charge in [-0.15, -0.1) is 21.5 Å². The summed E-state index contributed by atoms with van der Waals surface area (Å²) in [4.78, 5) is 12.0. The second kappa shape index (κ2) is 5.49. The van der Waals surface area contributed by atoms with Crippen LogP contribution in [0.15, 0.2) is 40.1 Å². The van der Waals surface area contributed by atoms with E-state index in [1.54, 1.807) is 23.5 Å². The van der Waals surface area contributed by atoms with Crippen molar-refractivity contribution >= 4 is 17.3 Å². The Hall–Kier alpha value is -2.47. The van der Waals surface area contributed by atoms with Crippen LogP contribution in [0.4, 0.5) is 0 Å². The molecule has 0 atom stereocenters. The van der Waals surface area contributed by atoms with Crippen molar-refractivity contribution in [1.82, 2.24) is 10.2 Å². The van der Waals surface area contributed by atoms with E-state index in [2.05, 4.69) is 17.1 Å². The summed E-state index contributed by atoms with van der Waals surface area (Å²) in [5.74, 6) is -0.191. The van der Waals surface area contributed by atoms with Crippen molar-refractivity contribution in [2.75, 3.05) is 0 Å². The van der Waals surface area contributed by atoms with Gasteiger partial charge in [-0.05, 0) is 41.6 Å². The molecule has 0 aliphatic rings. The number of carbonyl (C=O) groups is 1. The predicted molar refractivity (Wildman–Crippen MR) is 79.4 cm³/mol. The van der Waals surface area contributed by atoms with Gasteiger partial charge < -0.3 is 9.52 Å². The zero-order valence-electron chi connectivity index (χ0n) is 11.2. The van der Waals surface area contributed by atoms with Gasteiger partial charge in [0.15, 0.2) is 0 Å². The summed E-state index contributed by atoms with van der Waals surface area (Å²) in [6.07, 6.45) is 0.894. The first kappa shape index (κ1) is 13.5. The van der Waals surface area contributed by atoms with E-state index in [1.807, 2.05) is 11.4 Å². The number of carboxylic acids is 1. The molecular formula is C15H12N2O3S. The Balaban J connectivity index is 1.99. The average molecular weight is 300 g/mol. The van der Waals surface area contributed by atoms with E-state index in [0.29, 0.717) is 17.3 Å². The summed E-state index contributed by atoms with van der Waals surface area (Å²) in [6, 6.07) is 8.49. The van der Waals surface area contributed by atoms with Gasteiger partial charge in [0, 0.05) is 5.56 Å². The van der Waals surface area contributed by atoms with Gasteiger partial charge in [-0.2, -0.15) is 0 Å². The summed E-state index contributed by atoms with van der Waals surface area (Å²) in [6.45, 7) is 2.07. The van der Waals surface area contributed by atoms with Crippen molar-refractivity contribution in [3.05, 3.63) is 46.8 Å².